The van der Waals surface area contributed by atoms with Gasteiger partial charge in [-0.25, -0.2) is 14.8 Å². The highest BCUT2D eigenvalue weighted by molar-refractivity contribution is 6.07. The number of unbranched alkanes of at least 4 members (excludes halogenated alkanes) is 1. The molecular formula is C27H34N6O2. The number of nitrogens with one attached hydrogen (secondary N) is 1. The third-order valence-electron chi connectivity index (χ3n) is 5.76. The Morgan fingerprint density at radius 3 is 2.46 bits per heavy atom. The third-order valence-corrected chi connectivity index (χ3v) is 5.76. The molecule has 2 aromatic heterocycles. The van der Waals surface area contributed by atoms with E-state index in [1.807, 2.05) is 51.1 Å². The van der Waals surface area contributed by atoms with Crippen LogP contribution in [-0.4, -0.2) is 26.2 Å². The van der Waals surface area contributed by atoms with Gasteiger partial charge in [-0.2, -0.15) is 0 Å². The number of benzene rings is 2. The summed E-state index contributed by atoms with van der Waals surface area (Å²) in [6.07, 6.45) is 2.53. The Hall–Kier alpha value is -3.81. The van der Waals surface area contributed by atoms with Crippen molar-refractivity contribution < 1.29 is 9.53 Å². The second kappa shape index (κ2) is 9.82. The number of nitrogen functional groups attached to an aromatic ring is 2. The van der Waals surface area contributed by atoms with E-state index in [1.54, 1.807) is 0 Å². The Bertz CT molecular complexity index is 1350. The van der Waals surface area contributed by atoms with Gasteiger partial charge >= 0.3 is 6.09 Å². The van der Waals surface area contributed by atoms with E-state index in [1.165, 1.54) is 0 Å². The van der Waals surface area contributed by atoms with Crippen molar-refractivity contribution in [1.29, 1.82) is 0 Å². The van der Waals surface area contributed by atoms with E-state index in [4.69, 9.17) is 21.2 Å². The lowest BCUT2D eigenvalue weighted by molar-refractivity contribution is 0.0523. The maximum atomic E-state index is 11.9. The molecule has 0 spiro atoms. The number of aromatic nitrogens is 3. The molecule has 2 aromatic carbocycles. The van der Waals surface area contributed by atoms with E-state index >= 15 is 0 Å². The Morgan fingerprint density at radius 1 is 1.06 bits per heavy atom. The van der Waals surface area contributed by atoms with Crippen LogP contribution in [0.2, 0.25) is 0 Å². The van der Waals surface area contributed by atoms with Gasteiger partial charge in [-0.05, 0) is 56.5 Å². The number of amides is 1. The van der Waals surface area contributed by atoms with Crippen LogP contribution in [-0.2, 0) is 24.2 Å². The van der Waals surface area contributed by atoms with Crippen molar-refractivity contribution in [3.8, 4) is 0 Å². The van der Waals surface area contributed by atoms with E-state index in [0.717, 1.165) is 52.6 Å². The van der Waals surface area contributed by atoms with Gasteiger partial charge in [-0.15, -0.1) is 0 Å². The minimum Gasteiger partial charge on any atom is -0.444 e. The molecule has 0 radical (unpaired) electrons. The molecule has 0 unspecified atom stereocenters. The van der Waals surface area contributed by atoms with Crippen LogP contribution in [0.15, 0.2) is 42.5 Å². The SMILES string of the molecule is CCCCc1nc2c(N)nc3ccc(N)cc3c2n1Cc1ccc(CNC(=O)OC(C)(C)C)cc1. The average molecular weight is 475 g/mol. The van der Waals surface area contributed by atoms with Crippen molar-refractivity contribution in [2.45, 2.75) is 65.6 Å². The van der Waals surface area contributed by atoms with Gasteiger partial charge in [0.05, 0.1) is 11.0 Å². The van der Waals surface area contributed by atoms with Gasteiger partial charge in [-0.3, -0.25) is 0 Å². The average Bonchev–Trinajstić information content (AvgIpc) is 3.15. The number of nitrogens with two attached hydrogens (primary N) is 2. The van der Waals surface area contributed by atoms with Gasteiger partial charge < -0.3 is 26.1 Å². The molecule has 0 saturated carbocycles. The lowest BCUT2D eigenvalue weighted by Gasteiger charge is -2.19. The summed E-state index contributed by atoms with van der Waals surface area (Å²) in [5.74, 6) is 1.42. The van der Waals surface area contributed by atoms with E-state index in [9.17, 15) is 4.79 Å². The van der Waals surface area contributed by atoms with Crippen LogP contribution >= 0.6 is 0 Å². The van der Waals surface area contributed by atoms with E-state index in [-0.39, 0.29) is 0 Å². The molecule has 0 aliphatic rings. The van der Waals surface area contributed by atoms with Crippen molar-refractivity contribution in [2.75, 3.05) is 11.5 Å². The molecule has 2 heterocycles. The summed E-state index contributed by atoms with van der Waals surface area (Å²) in [5.41, 5.74) is 17.2. The quantitative estimate of drug-likeness (QED) is 0.318. The number of anilines is 2. The smallest absolute Gasteiger partial charge is 0.407 e. The minimum absolute atomic E-state index is 0.400. The predicted octanol–water partition coefficient (Wildman–Crippen LogP) is 5.16. The zero-order valence-electron chi connectivity index (χ0n) is 20.9. The summed E-state index contributed by atoms with van der Waals surface area (Å²) < 4.78 is 7.54. The van der Waals surface area contributed by atoms with Crippen LogP contribution in [0.3, 0.4) is 0 Å². The first-order valence-corrected chi connectivity index (χ1v) is 12.0. The standard InChI is InChI=1S/C27H34N6O2/c1-5-6-7-22-32-23-24(20-14-19(28)12-13-21(20)31-25(23)29)33(22)16-18-10-8-17(9-11-18)15-30-26(34)35-27(2,3)4/h8-14H,5-7,15-16,28H2,1-4H3,(H2,29,31)(H,30,34). The predicted molar refractivity (Wildman–Crippen MR) is 141 cm³/mol. The number of ether oxygens (including phenoxy) is 1. The van der Waals surface area contributed by atoms with Crippen LogP contribution in [0.5, 0.6) is 0 Å². The monoisotopic (exact) mass is 474 g/mol. The van der Waals surface area contributed by atoms with Gasteiger partial charge in [0.15, 0.2) is 5.82 Å². The minimum atomic E-state index is -0.523. The number of hydrogen-bond donors (Lipinski definition) is 3. The number of fused-ring (bicyclic) bond motifs is 3. The molecule has 0 aliphatic heterocycles. The van der Waals surface area contributed by atoms with Crippen molar-refractivity contribution in [3.63, 3.8) is 0 Å². The molecule has 8 nitrogen and oxygen atoms in total. The largest absolute Gasteiger partial charge is 0.444 e. The molecule has 0 saturated heterocycles. The maximum absolute atomic E-state index is 11.9. The Kier molecular flexibility index (Phi) is 6.82. The number of hydrogen-bond acceptors (Lipinski definition) is 6. The molecule has 184 valence electrons. The summed E-state index contributed by atoms with van der Waals surface area (Å²) in [6.45, 7) is 8.74. The fourth-order valence-corrected chi connectivity index (χ4v) is 4.10. The highest BCUT2D eigenvalue weighted by Gasteiger charge is 2.18. The molecule has 5 N–H and O–H groups in total. The summed E-state index contributed by atoms with van der Waals surface area (Å²) in [6, 6.07) is 13.9. The molecule has 8 heteroatoms. The molecule has 0 bridgehead atoms. The summed E-state index contributed by atoms with van der Waals surface area (Å²) >= 11 is 0. The number of carbonyl (C=O) groups excluding carboxylic acids is 1. The number of pyridine rings is 1. The van der Waals surface area contributed by atoms with Crippen LogP contribution in [0, 0.1) is 0 Å². The first-order valence-electron chi connectivity index (χ1n) is 12.0. The number of imidazole rings is 1. The summed E-state index contributed by atoms with van der Waals surface area (Å²) in [5, 5.41) is 3.75. The highest BCUT2D eigenvalue weighted by Crippen LogP contribution is 2.31. The van der Waals surface area contributed by atoms with Gasteiger partial charge in [0.25, 0.3) is 0 Å². The van der Waals surface area contributed by atoms with E-state index < -0.39 is 11.7 Å². The van der Waals surface area contributed by atoms with Crippen molar-refractivity contribution in [2.24, 2.45) is 0 Å². The highest BCUT2D eigenvalue weighted by atomic mass is 16.6. The molecular weight excluding hydrogens is 440 g/mol. The third kappa shape index (κ3) is 5.65. The summed E-state index contributed by atoms with van der Waals surface area (Å²) in [4.78, 5) is 21.4. The normalized spacial score (nSPS) is 11.8. The van der Waals surface area contributed by atoms with Crippen molar-refractivity contribution in [1.82, 2.24) is 19.9 Å². The zero-order chi connectivity index (χ0) is 25.2. The number of aryl methyl sites for hydroxylation is 1. The lowest BCUT2D eigenvalue weighted by atomic mass is 10.1. The fraction of sp³-hybridized carbons (Fsp3) is 0.370. The molecule has 0 fully saturated rings. The van der Waals surface area contributed by atoms with Gasteiger partial charge in [-0.1, -0.05) is 37.6 Å². The van der Waals surface area contributed by atoms with Crippen LogP contribution in [0.25, 0.3) is 21.9 Å². The molecule has 1 amide bonds. The van der Waals surface area contributed by atoms with Crippen molar-refractivity contribution in [3.05, 3.63) is 59.4 Å². The van der Waals surface area contributed by atoms with Crippen LogP contribution in [0.1, 0.15) is 57.5 Å². The fourth-order valence-electron chi connectivity index (χ4n) is 4.10. The Morgan fingerprint density at radius 2 is 1.77 bits per heavy atom. The van der Waals surface area contributed by atoms with E-state index in [2.05, 4.69) is 33.9 Å². The molecule has 35 heavy (non-hydrogen) atoms. The Labute approximate surface area is 205 Å². The van der Waals surface area contributed by atoms with Gasteiger partial charge in [0.1, 0.15) is 16.9 Å². The zero-order valence-corrected chi connectivity index (χ0v) is 20.9. The van der Waals surface area contributed by atoms with Crippen LogP contribution in [0.4, 0.5) is 16.3 Å². The first kappa shape index (κ1) is 24.3. The van der Waals surface area contributed by atoms with E-state index in [0.29, 0.717) is 30.1 Å². The van der Waals surface area contributed by atoms with Gasteiger partial charge in [0, 0.05) is 30.6 Å². The molecule has 4 aromatic rings. The maximum Gasteiger partial charge on any atom is 0.407 e. The number of nitrogens with zero attached hydrogens (tertiary/aromatic N) is 3. The number of alkyl carbamates (subject to hydrolysis) is 1. The second-order valence-corrected chi connectivity index (χ2v) is 9.86. The first-order chi connectivity index (χ1) is 16.6. The topological polar surface area (TPSA) is 121 Å². The second-order valence-electron chi connectivity index (χ2n) is 9.86. The van der Waals surface area contributed by atoms with Crippen LogP contribution < -0.4 is 16.8 Å². The molecule has 0 atom stereocenters. The number of rotatable bonds is 7. The summed E-state index contributed by atoms with van der Waals surface area (Å²) in [7, 11) is 0. The van der Waals surface area contributed by atoms with Crippen molar-refractivity contribution >= 4 is 39.5 Å². The molecule has 4 rings (SSSR count). The number of carbonyl (C=O) groups is 1. The lowest BCUT2D eigenvalue weighted by Crippen LogP contribution is -2.32. The van der Waals surface area contributed by atoms with Gasteiger partial charge in [0.2, 0.25) is 0 Å². The Balaban J connectivity index is 1.64. The molecule has 0 aliphatic carbocycles.